The van der Waals surface area contributed by atoms with Gasteiger partial charge < -0.3 is 10.6 Å². The molecule has 0 radical (unpaired) electrons. The van der Waals surface area contributed by atoms with Crippen molar-refractivity contribution in [2.24, 2.45) is 11.7 Å². The number of piperidine rings is 1. The molecular formula is C14H22F2N4O9S2. The van der Waals surface area contributed by atoms with Gasteiger partial charge in [0, 0.05) is 12.5 Å². The van der Waals surface area contributed by atoms with Gasteiger partial charge in [-0.25, -0.2) is 27.5 Å². The number of carbonyl (C=O) groups excluding carboxylic acids is 2. The summed E-state index contributed by atoms with van der Waals surface area (Å²) < 4.78 is 86.1. The second-order valence-corrected chi connectivity index (χ2v) is 11.0. The SMILES string of the molecule is NC(CONC(=O)C1CC(F)(F)C2CN1C(=O)N2OS(=O)(=O)O)C1CCS(=O)(=O)CC1. The van der Waals surface area contributed by atoms with E-state index in [-0.39, 0.29) is 29.1 Å². The number of rotatable bonds is 7. The van der Waals surface area contributed by atoms with E-state index in [4.69, 9.17) is 15.1 Å². The molecule has 0 spiro atoms. The van der Waals surface area contributed by atoms with Gasteiger partial charge in [-0.05, 0) is 18.8 Å². The number of halogens is 2. The summed E-state index contributed by atoms with van der Waals surface area (Å²) in [4.78, 5) is 30.3. The van der Waals surface area contributed by atoms with Gasteiger partial charge in [0.25, 0.3) is 11.8 Å². The molecule has 0 aromatic heterocycles. The van der Waals surface area contributed by atoms with Crippen molar-refractivity contribution in [3.8, 4) is 0 Å². The van der Waals surface area contributed by atoms with Crippen molar-refractivity contribution in [2.45, 2.75) is 43.3 Å². The second kappa shape index (κ2) is 8.36. The molecule has 13 nitrogen and oxygen atoms in total. The van der Waals surface area contributed by atoms with Gasteiger partial charge >= 0.3 is 16.4 Å². The van der Waals surface area contributed by atoms with Gasteiger partial charge in [0.1, 0.15) is 21.9 Å². The Labute approximate surface area is 176 Å². The van der Waals surface area contributed by atoms with E-state index in [1.54, 1.807) is 0 Å². The van der Waals surface area contributed by atoms with Crippen molar-refractivity contribution in [1.82, 2.24) is 15.4 Å². The zero-order valence-corrected chi connectivity index (χ0v) is 17.6. The fourth-order valence-electron chi connectivity index (χ4n) is 3.84. The molecule has 0 aromatic rings. The Morgan fingerprint density at radius 2 is 1.97 bits per heavy atom. The molecule has 3 atom stereocenters. The van der Waals surface area contributed by atoms with Gasteiger partial charge in [-0.2, -0.15) is 13.5 Å². The van der Waals surface area contributed by atoms with Gasteiger partial charge in [0.15, 0.2) is 0 Å². The quantitative estimate of drug-likeness (QED) is 0.277. The molecule has 2 bridgehead atoms. The average Bonchev–Trinajstić information content (AvgIpc) is 2.91. The first-order valence-corrected chi connectivity index (χ1v) is 12.4. The summed E-state index contributed by atoms with van der Waals surface area (Å²) in [6.45, 7) is -0.927. The predicted molar refractivity (Wildman–Crippen MR) is 97.2 cm³/mol. The highest BCUT2D eigenvalue weighted by Gasteiger charge is 2.62. The summed E-state index contributed by atoms with van der Waals surface area (Å²) in [7, 11) is -8.32. The first-order valence-electron chi connectivity index (χ1n) is 9.22. The Kier molecular flexibility index (Phi) is 6.47. The molecular weight excluding hydrogens is 470 g/mol. The molecule has 3 fully saturated rings. The normalized spacial score (nSPS) is 29.1. The monoisotopic (exact) mass is 492 g/mol. The van der Waals surface area contributed by atoms with Crippen LogP contribution >= 0.6 is 0 Å². The molecule has 0 saturated carbocycles. The summed E-state index contributed by atoms with van der Waals surface area (Å²) >= 11 is 0. The minimum atomic E-state index is -5.24. The third kappa shape index (κ3) is 5.40. The minimum Gasteiger partial charge on any atom is -0.325 e. The Balaban J connectivity index is 1.57. The Morgan fingerprint density at radius 3 is 2.55 bits per heavy atom. The largest absolute Gasteiger partial charge is 0.418 e. The number of hydrogen-bond acceptors (Lipinski definition) is 9. The summed E-state index contributed by atoms with van der Waals surface area (Å²) in [5, 5.41) is -0.170. The lowest BCUT2D eigenvalue weighted by atomic mass is 9.95. The molecule has 3 unspecified atom stereocenters. The van der Waals surface area contributed by atoms with E-state index in [0.717, 1.165) is 0 Å². The van der Waals surface area contributed by atoms with Crippen LogP contribution < -0.4 is 11.2 Å². The molecule has 3 aliphatic heterocycles. The maximum Gasteiger partial charge on any atom is 0.418 e. The molecule has 0 aromatic carbocycles. The standard InChI is InChI=1S/C14H22F2N4O9S2/c15-14(16)5-10(19-6-11(14)20(13(19)22)29-31(25,26)27)12(21)18-28-7-9(17)8-1-3-30(23,24)4-2-8/h8-11H,1-7,17H2,(H,18,21)(H,25,26,27). The predicted octanol–water partition coefficient (Wildman–Crippen LogP) is -1.57. The van der Waals surface area contributed by atoms with Crippen molar-refractivity contribution < 1.29 is 48.9 Å². The first kappa shape index (κ1) is 24.0. The third-order valence-electron chi connectivity index (χ3n) is 5.55. The van der Waals surface area contributed by atoms with E-state index in [1.807, 2.05) is 5.48 Å². The Bertz CT molecular complexity index is 931. The van der Waals surface area contributed by atoms with E-state index in [1.165, 1.54) is 0 Å². The number of nitrogens with two attached hydrogens (primary N) is 1. The molecule has 178 valence electrons. The molecule has 3 amide bonds. The van der Waals surface area contributed by atoms with Crippen LogP contribution in [0.5, 0.6) is 0 Å². The summed E-state index contributed by atoms with van der Waals surface area (Å²) in [5.74, 6) is -4.95. The van der Waals surface area contributed by atoms with Crippen molar-refractivity contribution in [3.63, 3.8) is 0 Å². The van der Waals surface area contributed by atoms with E-state index in [9.17, 15) is 35.2 Å². The van der Waals surface area contributed by atoms with Gasteiger partial charge in [0.2, 0.25) is 0 Å². The average molecular weight is 492 g/mol. The van der Waals surface area contributed by atoms with Crippen molar-refractivity contribution in [3.05, 3.63) is 0 Å². The number of sulfone groups is 1. The minimum absolute atomic E-state index is 0.00471. The number of alkyl halides is 2. The third-order valence-corrected chi connectivity index (χ3v) is 7.61. The van der Waals surface area contributed by atoms with Gasteiger partial charge in [-0.3, -0.25) is 14.2 Å². The van der Waals surface area contributed by atoms with Crippen LogP contribution in [0.2, 0.25) is 0 Å². The number of hydroxylamine groups is 3. The maximum atomic E-state index is 14.4. The van der Waals surface area contributed by atoms with Crippen LogP contribution in [0.4, 0.5) is 13.6 Å². The first-order chi connectivity index (χ1) is 14.2. The molecule has 3 aliphatic rings. The van der Waals surface area contributed by atoms with Crippen molar-refractivity contribution in [1.29, 1.82) is 0 Å². The van der Waals surface area contributed by atoms with Gasteiger partial charge in [0.05, 0.1) is 24.7 Å². The van der Waals surface area contributed by atoms with Gasteiger partial charge in [-0.1, -0.05) is 0 Å². The van der Waals surface area contributed by atoms with E-state index >= 15 is 0 Å². The van der Waals surface area contributed by atoms with E-state index in [0.29, 0.717) is 17.7 Å². The summed E-state index contributed by atoms with van der Waals surface area (Å²) in [6, 6.07) is -5.65. The molecule has 3 saturated heterocycles. The molecule has 3 heterocycles. The number of nitrogens with zero attached hydrogens (tertiary/aromatic N) is 2. The topological polar surface area (TPSA) is 186 Å². The Morgan fingerprint density at radius 1 is 1.35 bits per heavy atom. The number of amides is 3. The maximum absolute atomic E-state index is 14.4. The highest BCUT2D eigenvalue weighted by molar-refractivity contribution is 7.91. The van der Waals surface area contributed by atoms with Crippen LogP contribution in [0.3, 0.4) is 0 Å². The smallest absolute Gasteiger partial charge is 0.325 e. The van der Waals surface area contributed by atoms with Crippen LogP contribution in [-0.2, 0) is 34.2 Å². The van der Waals surface area contributed by atoms with E-state index < -0.39 is 69.2 Å². The fourth-order valence-corrected chi connectivity index (χ4v) is 5.74. The van der Waals surface area contributed by atoms with Crippen molar-refractivity contribution >= 4 is 32.2 Å². The Hall–Kier alpha value is -1.66. The molecule has 4 N–H and O–H groups in total. The second-order valence-electron chi connectivity index (χ2n) is 7.69. The fraction of sp³-hybridized carbons (Fsp3) is 0.857. The van der Waals surface area contributed by atoms with Crippen LogP contribution in [0.25, 0.3) is 0 Å². The number of fused-ring (bicyclic) bond motifs is 2. The van der Waals surface area contributed by atoms with Crippen LogP contribution in [-0.4, -0.2) is 92.0 Å². The highest BCUT2D eigenvalue weighted by Crippen LogP contribution is 2.41. The number of carbonyl (C=O) groups is 2. The molecule has 31 heavy (non-hydrogen) atoms. The number of nitrogens with one attached hydrogen (secondary N) is 1. The molecule has 17 heteroatoms. The van der Waals surface area contributed by atoms with Crippen molar-refractivity contribution in [2.75, 3.05) is 24.7 Å². The van der Waals surface area contributed by atoms with Crippen LogP contribution in [0.1, 0.15) is 19.3 Å². The van der Waals surface area contributed by atoms with E-state index in [2.05, 4.69) is 4.28 Å². The highest BCUT2D eigenvalue weighted by atomic mass is 32.3. The van der Waals surface area contributed by atoms with Crippen LogP contribution in [0.15, 0.2) is 0 Å². The zero-order chi connectivity index (χ0) is 23.2. The molecule has 0 aliphatic carbocycles. The molecule has 3 rings (SSSR count). The number of hydrogen-bond donors (Lipinski definition) is 3. The summed E-state index contributed by atoms with van der Waals surface area (Å²) in [5.41, 5.74) is 7.90. The lowest BCUT2D eigenvalue weighted by Gasteiger charge is -2.34. The lowest BCUT2D eigenvalue weighted by molar-refractivity contribution is -0.159. The van der Waals surface area contributed by atoms with Crippen LogP contribution in [0, 0.1) is 5.92 Å². The summed E-state index contributed by atoms with van der Waals surface area (Å²) in [6.07, 6.45) is -0.456. The lowest BCUT2D eigenvalue weighted by Crippen LogP contribution is -2.56. The number of urea groups is 1. The van der Waals surface area contributed by atoms with Gasteiger partial charge in [-0.15, -0.1) is 4.28 Å². The zero-order valence-electron chi connectivity index (χ0n) is 16.0.